The first-order valence-corrected chi connectivity index (χ1v) is 9.55. The Kier molecular flexibility index (Phi) is 5.25. The number of methoxy groups -OCH3 is 1. The smallest absolute Gasteiger partial charge is 0.419 e. The van der Waals surface area contributed by atoms with Gasteiger partial charge in [-0.1, -0.05) is 48.5 Å². The highest BCUT2D eigenvalue weighted by Crippen LogP contribution is 2.44. The Bertz CT molecular complexity index is 776. The first-order valence-electron chi connectivity index (χ1n) is 9.55. The molecule has 1 heterocycles. The lowest BCUT2D eigenvalue weighted by molar-refractivity contribution is -0.624. The van der Waals surface area contributed by atoms with E-state index >= 15 is 0 Å². The number of rotatable bonds is 4. The normalized spacial score (nSPS) is 24.3. The number of quaternary nitrogens is 1. The van der Waals surface area contributed by atoms with Gasteiger partial charge in [0.25, 0.3) is 0 Å². The number of hydrogen-bond acceptors (Lipinski definition) is 4. The highest BCUT2D eigenvalue weighted by Gasteiger charge is 2.34. The van der Waals surface area contributed by atoms with Crippen LogP contribution in [0.15, 0.2) is 48.5 Å². The molecular formula is C22H26NO4+. The van der Waals surface area contributed by atoms with Crippen molar-refractivity contribution in [3.05, 3.63) is 59.7 Å². The Labute approximate surface area is 159 Å². The predicted molar refractivity (Wildman–Crippen MR) is 101 cm³/mol. The van der Waals surface area contributed by atoms with Crippen molar-refractivity contribution >= 4 is 6.09 Å². The lowest BCUT2D eigenvalue weighted by atomic mass is 9.98. The zero-order valence-corrected chi connectivity index (χ0v) is 15.8. The van der Waals surface area contributed by atoms with Crippen molar-refractivity contribution < 1.29 is 24.3 Å². The Morgan fingerprint density at radius 2 is 1.70 bits per heavy atom. The molecule has 2 aliphatic rings. The molecule has 5 nitrogen and oxygen atoms in total. The van der Waals surface area contributed by atoms with Gasteiger partial charge in [0, 0.05) is 25.9 Å². The highest BCUT2D eigenvalue weighted by atomic mass is 16.7. The van der Waals surface area contributed by atoms with E-state index in [-0.39, 0.29) is 30.4 Å². The molecule has 1 unspecified atom stereocenters. The SMILES string of the molecule is CO[C@@H]1CC[C@@H]([NH2+]C(=O)OCC2c3ccccc3-c3ccccc32)C(C)O1. The lowest BCUT2D eigenvalue weighted by Crippen LogP contribution is -2.96. The molecule has 1 aliphatic carbocycles. The molecule has 5 heteroatoms. The van der Waals surface area contributed by atoms with Crippen LogP contribution in [-0.2, 0) is 14.2 Å². The van der Waals surface area contributed by atoms with E-state index in [2.05, 4.69) is 36.4 Å². The third-order valence-electron chi connectivity index (χ3n) is 5.67. The quantitative estimate of drug-likeness (QED) is 0.901. The van der Waals surface area contributed by atoms with Crippen molar-refractivity contribution in [2.24, 2.45) is 0 Å². The summed E-state index contributed by atoms with van der Waals surface area (Å²) in [5.74, 6) is 0.0904. The molecular weight excluding hydrogens is 342 g/mol. The molecule has 0 bridgehead atoms. The average Bonchev–Trinajstić information content (AvgIpc) is 3.02. The first kappa shape index (κ1) is 18.2. The summed E-state index contributed by atoms with van der Waals surface area (Å²) in [5.41, 5.74) is 4.92. The zero-order valence-electron chi connectivity index (χ0n) is 15.8. The summed E-state index contributed by atoms with van der Waals surface area (Å²) in [5, 5.41) is 1.67. The van der Waals surface area contributed by atoms with Gasteiger partial charge >= 0.3 is 6.09 Å². The topological polar surface area (TPSA) is 61.4 Å². The molecule has 0 spiro atoms. The molecule has 0 radical (unpaired) electrons. The Morgan fingerprint density at radius 3 is 2.30 bits per heavy atom. The maximum atomic E-state index is 12.4. The molecule has 142 valence electrons. The summed E-state index contributed by atoms with van der Waals surface area (Å²) < 4.78 is 16.7. The minimum absolute atomic E-state index is 0.0517. The van der Waals surface area contributed by atoms with E-state index in [0.29, 0.717) is 6.61 Å². The lowest BCUT2D eigenvalue weighted by Gasteiger charge is -2.31. The van der Waals surface area contributed by atoms with Crippen LogP contribution in [0, 0.1) is 0 Å². The van der Waals surface area contributed by atoms with E-state index in [1.807, 2.05) is 19.1 Å². The largest absolute Gasteiger partial charge is 0.513 e. The molecule has 1 aliphatic heterocycles. The second-order valence-corrected chi connectivity index (χ2v) is 7.27. The van der Waals surface area contributed by atoms with Crippen molar-refractivity contribution in [2.75, 3.05) is 13.7 Å². The molecule has 2 aromatic carbocycles. The van der Waals surface area contributed by atoms with E-state index in [1.165, 1.54) is 22.3 Å². The van der Waals surface area contributed by atoms with Gasteiger partial charge in [0.15, 0.2) is 6.29 Å². The maximum Gasteiger partial charge on any atom is 0.513 e. The molecule has 27 heavy (non-hydrogen) atoms. The van der Waals surface area contributed by atoms with Gasteiger partial charge in [0.05, 0.1) is 0 Å². The molecule has 0 aromatic heterocycles. The molecule has 0 saturated carbocycles. The number of carbonyl (C=O) groups excluding carboxylic acids is 1. The Hall–Kier alpha value is -2.21. The van der Waals surface area contributed by atoms with E-state index in [4.69, 9.17) is 14.2 Å². The van der Waals surface area contributed by atoms with Crippen LogP contribution < -0.4 is 5.32 Å². The summed E-state index contributed by atoms with van der Waals surface area (Å²) in [6.45, 7) is 2.33. The van der Waals surface area contributed by atoms with Crippen LogP contribution in [0.2, 0.25) is 0 Å². The van der Waals surface area contributed by atoms with Crippen molar-refractivity contribution in [1.29, 1.82) is 0 Å². The van der Waals surface area contributed by atoms with E-state index in [1.54, 1.807) is 12.4 Å². The molecule has 4 rings (SSSR count). The maximum absolute atomic E-state index is 12.4. The Balaban J connectivity index is 1.40. The molecule has 3 atom stereocenters. The van der Waals surface area contributed by atoms with Crippen LogP contribution in [0.3, 0.4) is 0 Å². The monoisotopic (exact) mass is 368 g/mol. The number of hydrogen-bond donors (Lipinski definition) is 1. The van der Waals surface area contributed by atoms with Crippen molar-refractivity contribution in [1.82, 2.24) is 0 Å². The van der Waals surface area contributed by atoms with Crippen LogP contribution in [0.25, 0.3) is 11.1 Å². The van der Waals surface area contributed by atoms with Crippen molar-refractivity contribution in [2.45, 2.75) is 44.1 Å². The first-order chi connectivity index (χ1) is 13.2. The van der Waals surface area contributed by atoms with Gasteiger partial charge in [0.1, 0.15) is 18.8 Å². The number of carbonyl (C=O) groups is 1. The molecule has 1 fully saturated rings. The van der Waals surface area contributed by atoms with Crippen molar-refractivity contribution in [3.63, 3.8) is 0 Å². The summed E-state index contributed by atoms with van der Waals surface area (Å²) in [4.78, 5) is 12.4. The summed E-state index contributed by atoms with van der Waals surface area (Å²) >= 11 is 0. The van der Waals surface area contributed by atoms with Gasteiger partial charge in [-0.05, 0) is 29.2 Å². The Morgan fingerprint density at radius 1 is 1.07 bits per heavy atom. The molecule has 2 aromatic rings. The standard InChI is InChI=1S/C22H25NO4/c1-14-20(11-12-21(25-2)27-14)23-22(24)26-13-19-17-9-5-3-7-15(17)16-8-4-6-10-18(16)19/h3-10,14,19-21H,11-13H2,1-2H3,(H,23,24)/p+1/t14?,20-,21+/m1/s1. The summed E-state index contributed by atoms with van der Waals surface area (Å²) in [6.07, 6.45) is 1.16. The number of nitrogens with two attached hydrogens (primary N) is 1. The van der Waals surface area contributed by atoms with Crippen LogP contribution in [0.1, 0.15) is 36.8 Å². The number of amides is 1. The van der Waals surface area contributed by atoms with Gasteiger partial charge in [-0.2, -0.15) is 4.79 Å². The summed E-state index contributed by atoms with van der Waals surface area (Å²) in [7, 11) is 1.65. The number of ether oxygens (including phenoxy) is 3. The van der Waals surface area contributed by atoms with Crippen LogP contribution in [0.5, 0.6) is 0 Å². The van der Waals surface area contributed by atoms with Crippen molar-refractivity contribution in [3.8, 4) is 11.1 Å². The average molecular weight is 368 g/mol. The van der Waals surface area contributed by atoms with E-state index < -0.39 is 0 Å². The fraction of sp³-hybridized carbons (Fsp3) is 0.409. The van der Waals surface area contributed by atoms with Gasteiger partial charge in [-0.25, -0.2) is 5.32 Å². The van der Waals surface area contributed by atoms with E-state index in [9.17, 15) is 4.79 Å². The second kappa shape index (κ2) is 7.80. The fourth-order valence-electron chi connectivity index (χ4n) is 4.19. The predicted octanol–water partition coefficient (Wildman–Crippen LogP) is 3.04. The zero-order chi connectivity index (χ0) is 18.8. The molecule has 1 amide bonds. The van der Waals surface area contributed by atoms with Gasteiger partial charge < -0.3 is 14.2 Å². The third-order valence-corrected chi connectivity index (χ3v) is 5.67. The minimum atomic E-state index is -0.270. The highest BCUT2D eigenvalue weighted by molar-refractivity contribution is 5.78. The van der Waals surface area contributed by atoms with Crippen LogP contribution in [-0.4, -0.2) is 38.2 Å². The number of benzene rings is 2. The third kappa shape index (κ3) is 3.63. The summed E-state index contributed by atoms with van der Waals surface area (Å²) in [6, 6.07) is 16.8. The minimum Gasteiger partial charge on any atom is -0.419 e. The van der Waals surface area contributed by atoms with Crippen LogP contribution >= 0.6 is 0 Å². The number of fused-ring (bicyclic) bond motifs is 3. The number of primary amides is 1. The fourth-order valence-corrected chi connectivity index (χ4v) is 4.19. The van der Waals surface area contributed by atoms with E-state index in [0.717, 1.165) is 12.8 Å². The van der Waals surface area contributed by atoms with Gasteiger partial charge in [-0.15, -0.1) is 0 Å². The van der Waals surface area contributed by atoms with Gasteiger partial charge in [-0.3, -0.25) is 0 Å². The van der Waals surface area contributed by atoms with Crippen LogP contribution in [0.4, 0.5) is 4.79 Å². The molecule has 2 N–H and O–H groups in total. The van der Waals surface area contributed by atoms with Gasteiger partial charge in [0.2, 0.25) is 0 Å². The molecule has 1 saturated heterocycles. The second-order valence-electron chi connectivity index (χ2n) is 7.27.